The Balaban J connectivity index is 0.00000259. The molecule has 1 atom stereocenters. The molecule has 3 amide bonds. The number of halogens is 1. The minimum absolute atomic E-state index is 0. The van der Waals surface area contributed by atoms with Crippen molar-refractivity contribution in [2.45, 2.75) is 18.9 Å². The molecule has 0 saturated carbocycles. The first-order valence-electron chi connectivity index (χ1n) is 10.7. The number of carbonyl (C=O) groups is 2. The minimum Gasteiger partial charge on any atom is -0.347 e. The smallest absolute Gasteiger partial charge is 0.323 e. The topological polar surface area (TPSA) is 97.3 Å². The zero-order valence-electron chi connectivity index (χ0n) is 17.8. The van der Waals surface area contributed by atoms with Crippen LogP contribution in [0.5, 0.6) is 0 Å². The number of urea groups is 1. The highest BCUT2D eigenvalue weighted by Gasteiger charge is 2.35. The number of nitrogens with one attached hydrogen (secondary N) is 3. The molecule has 0 radical (unpaired) electrons. The van der Waals surface area contributed by atoms with Gasteiger partial charge in [-0.3, -0.25) is 4.79 Å². The normalized spacial score (nSPS) is 21.0. The van der Waals surface area contributed by atoms with Crippen molar-refractivity contribution >= 4 is 57.1 Å². The van der Waals surface area contributed by atoms with Crippen LogP contribution in [0.4, 0.5) is 16.2 Å². The summed E-state index contributed by atoms with van der Waals surface area (Å²) in [6, 6.07) is 16.1. The van der Waals surface area contributed by atoms with Crippen molar-refractivity contribution in [1.82, 2.24) is 10.2 Å². The maximum atomic E-state index is 12.9. The second kappa shape index (κ2) is 9.79. The molecule has 7 nitrogen and oxygen atoms in total. The molecule has 0 aliphatic carbocycles. The van der Waals surface area contributed by atoms with Gasteiger partial charge in [0, 0.05) is 28.7 Å². The van der Waals surface area contributed by atoms with Crippen molar-refractivity contribution in [2.75, 3.05) is 30.3 Å². The van der Waals surface area contributed by atoms with Crippen LogP contribution in [-0.4, -0.2) is 42.5 Å². The van der Waals surface area contributed by atoms with E-state index >= 15 is 0 Å². The first-order chi connectivity index (χ1) is 15.6. The molecule has 33 heavy (non-hydrogen) atoms. The summed E-state index contributed by atoms with van der Waals surface area (Å²) in [5, 5.41) is 18.7. The fourth-order valence-corrected chi connectivity index (χ4v) is 5.55. The number of hydrogen-bond donors (Lipinski definition) is 3. The van der Waals surface area contributed by atoms with Gasteiger partial charge in [-0.05, 0) is 73.6 Å². The Kier molecular flexibility index (Phi) is 6.84. The Morgan fingerprint density at radius 1 is 1.03 bits per heavy atom. The summed E-state index contributed by atoms with van der Waals surface area (Å²) in [5.41, 5.74) is 1.66. The van der Waals surface area contributed by atoms with Gasteiger partial charge < -0.3 is 20.9 Å². The highest BCUT2D eigenvalue weighted by molar-refractivity contribution is 7.20. The Morgan fingerprint density at radius 2 is 1.79 bits per heavy atom. The molecule has 3 aliphatic heterocycles. The van der Waals surface area contributed by atoms with E-state index in [2.05, 4.69) is 20.9 Å². The third kappa shape index (κ3) is 5.11. The molecule has 2 bridgehead atoms. The standard InChI is InChI=1S/C24H23N5O2S.ClH/c25-13-15-2-1-3-18(10-15)26-24(31)27-19-5-4-17-11-22(32-21(17)12-19)23(30)28-20-14-29-8-6-16(20)7-9-29;/h1-5,10-12,16,20H,6-9,14H2,(H,28,30)(H2,26,27,31);1H/t20-;/m0./s1. The first-order valence-corrected chi connectivity index (χ1v) is 11.5. The number of thiophene rings is 1. The molecule has 6 rings (SSSR count). The number of fused-ring (bicyclic) bond motifs is 4. The van der Waals surface area contributed by atoms with Gasteiger partial charge in [0.2, 0.25) is 0 Å². The van der Waals surface area contributed by atoms with E-state index < -0.39 is 6.03 Å². The number of amides is 3. The zero-order chi connectivity index (χ0) is 22.1. The highest BCUT2D eigenvalue weighted by atomic mass is 35.5. The van der Waals surface area contributed by atoms with Gasteiger partial charge in [-0.1, -0.05) is 12.1 Å². The average molecular weight is 482 g/mol. The Labute approximate surface area is 202 Å². The molecular formula is C24H24ClN5O2S. The average Bonchev–Trinajstić information content (AvgIpc) is 3.23. The summed E-state index contributed by atoms with van der Waals surface area (Å²) in [6.45, 7) is 3.24. The van der Waals surface area contributed by atoms with Crippen molar-refractivity contribution in [3.8, 4) is 6.07 Å². The lowest BCUT2D eigenvalue weighted by atomic mass is 9.84. The number of nitrogens with zero attached hydrogens (tertiary/aromatic N) is 2. The first kappa shape index (κ1) is 23.1. The second-order valence-electron chi connectivity index (χ2n) is 8.35. The van der Waals surface area contributed by atoms with Gasteiger partial charge in [0.1, 0.15) is 0 Å². The largest absolute Gasteiger partial charge is 0.347 e. The quantitative estimate of drug-likeness (QED) is 0.504. The van der Waals surface area contributed by atoms with E-state index in [1.54, 1.807) is 24.3 Å². The number of rotatable bonds is 4. The summed E-state index contributed by atoms with van der Waals surface area (Å²) in [5.74, 6) is 0.566. The molecule has 0 unspecified atom stereocenters. The van der Waals surface area contributed by atoms with Crippen LogP contribution in [0.15, 0.2) is 48.5 Å². The second-order valence-corrected chi connectivity index (χ2v) is 9.44. The monoisotopic (exact) mass is 481 g/mol. The lowest BCUT2D eigenvalue weighted by Crippen LogP contribution is -2.57. The van der Waals surface area contributed by atoms with E-state index in [-0.39, 0.29) is 24.4 Å². The van der Waals surface area contributed by atoms with Crippen LogP contribution in [0, 0.1) is 17.2 Å². The maximum Gasteiger partial charge on any atom is 0.323 e. The number of piperidine rings is 3. The van der Waals surface area contributed by atoms with Crippen LogP contribution in [0.2, 0.25) is 0 Å². The Hall–Kier alpha value is -3.12. The van der Waals surface area contributed by atoms with Crippen molar-refractivity contribution in [1.29, 1.82) is 5.26 Å². The SMILES string of the molecule is Cl.N#Cc1cccc(NC(=O)Nc2ccc3cc(C(=O)N[C@H]4CN5CCC4CC5)sc3c2)c1. The number of anilines is 2. The van der Waals surface area contributed by atoms with Crippen LogP contribution < -0.4 is 16.0 Å². The molecule has 3 fully saturated rings. The molecular weight excluding hydrogens is 458 g/mol. The third-order valence-corrected chi connectivity index (χ3v) is 7.32. The zero-order valence-corrected chi connectivity index (χ0v) is 19.5. The number of carbonyl (C=O) groups excluding carboxylic acids is 2. The van der Waals surface area contributed by atoms with E-state index in [0.717, 1.165) is 42.6 Å². The molecule has 3 aliphatic rings. The van der Waals surface area contributed by atoms with Gasteiger partial charge in [-0.15, -0.1) is 23.7 Å². The Morgan fingerprint density at radius 3 is 2.48 bits per heavy atom. The van der Waals surface area contributed by atoms with Gasteiger partial charge in [-0.25, -0.2) is 4.79 Å². The number of nitriles is 1. The molecule has 1 aromatic heterocycles. The summed E-state index contributed by atoms with van der Waals surface area (Å²) >= 11 is 1.43. The third-order valence-electron chi connectivity index (χ3n) is 6.22. The van der Waals surface area contributed by atoms with E-state index in [1.807, 2.05) is 30.3 Å². The van der Waals surface area contributed by atoms with Gasteiger partial charge in [0.25, 0.3) is 5.91 Å². The molecule has 3 saturated heterocycles. The van der Waals surface area contributed by atoms with Crippen LogP contribution in [0.3, 0.4) is 0 Å². The van der Waals surface area contributed by atoms with Crippen molar-refractivity contribution in [2.24, 2.45) is 5.92 Å². The van der Waals surface area contributed by atoms with Crippen LogP contribution in [0.25, 0.3) is 10.1 Å². The van der Waals surface area contributed by atoms with E-state index in [0.29, 0.717) is 27.7 Å². The van der Waals surface area contributed by atoms with Crippen molar-refractivity contribution < 1.29 is 9.59 Å². The predicted molar refractivity (Wildman–Crippen MR) is 133 cm³/mol. The summed E-state index contributed by atoms with van der Waals surface area (Å²) < 4.78 is 0.938. The molecule has 3 N–H and O–H groups in total. The van der Waals surface area contributed by atoms with Gasteiger partial charge in [0.05, 0.1) is 16.5 Å². The maximum absolute atomic E-state index is 12.9. The predicted octanol–water partition coefficient (Wildman–Crippen LogP) is 4.66. The molecule has 9 heteroatoms. The van der Waals surface area contributed by atoms with Crippen LogP contribution in [-0.2, 0) is 0 Å². The van der Waals surface area contributed by atoms with Crippen molar-refractivity contribution in [3.05, 3.63) is 59.0 Å². The number of hydrogen-bond acceptors (Lipinski definition) is 5. The molecule has 170 valence electrons. The fourth-order valence-electron chi connectivity index (χ4n) is 4.55. The molecule has 2 aromatic carbocycles. The summed E-state index contributed by atoms with van der Waals surface area (Å²) in [7, 11) is 0. The summed E-state index contributed by atoms with van der Waals surface area (Å²) in [6.07, 6.45) is 2.32. The van der Waals surface area contributed by atoms with Crippen molar-refractivity contribution in [3.63, 3.8) is 0 Å². The summed E-state index contributed by atoms with van der Waals surface area (Å²) in [4.78, 5) is 28.3. The van der Waals surface area contributed by atoms with E-state index in [1.165, 1.54) is 11.3 Å². The Bertz CT molecular complexity index is 1230. The molecule has 4 heterocycles. The minimum atomic E-state index is -0.392. The lowest BCUT2D eigenvalue weighted by Gasteiger charge is -2.44. The lowest BCUT2D eigenvalue weighted by molar-refractivity contribution is 0.0622. The fraction of sp³-hybridized carbons (Fsp3) is 0.292. The van der Waals surface area contributed by atoms with Gasteiger partial charge in [0.15, 0.2) is 0 Å². The van der Waals surface area contributed by atoms with Crippen LogP contribution in [0.1, 0.15) is 28.1 Å². The van der Waals surface area contributed by atoms with E-state index in [4.69, 9.17) is 5.26 Å². The molecule has 0 spiro atoms. The van der Waals surface area contributed by atoms with E-state index in [9.17, 15) is 9.59 Å². The van der Waals surface area contributed by atoms with Crippen LogP contribution >= 0.6 is 23.7 Å². The van der Waals surface area contributed by atoms with Gasteiger partial charge >= 0.3 is 6.03 Å². The highest BCUT2D eigenvalue weighted by Crippen LogP contribution is 2.30. The molecule has 3 aromatic rings. The number of benzene rings is 2. The van der Waals surface area contributed by atoms with Gasteiger partial charge in [-0.2, -0.15) is 5.26 Å².